The fourth-order valence-electron chi connectivity index (χ4n) is 16.2. The van der Waals surface area contributed by atoms with E-state index >= 15 is 24.0 Å². The minimum absolute atomic E-state index is 0.131. The fraction of sp³-hybridized carbons (Fsp3) is 0.364. The molecule has 15 rings (SSSR count). The number of phenolic OH excluding ortho intramolecular Hbond substituents is 3. The van der Waals surface area contributed by atoms with E-state index < -0.39 is 258 Å². The number of rotatable bonds is 20. The lowest BCUT2D eigenvalue weighted by molar-refractivity contribution is -0.334. The van der Waals surface area contributed by atoms with Gasteiger partial charge in [-0.15, -0.1) is 0 Å². The number of benzene rings is 8. The van der Waals surface area contributed by atoms with Crippen LogP contribution in [0.2, 0.25) is 15.1 Å². The minimum atomic E-state index is -4.79. The quantitative estimate of drug-likeness (QED) is 0.0357. The molecule has 18 atom stereocenters. The number of hydrogen-bond donors (Lipinski definition) is 18. The van der Waals surface area contributed by atoms with Crippen molar-refractivity contribution >= 4 is 92.2 Å². The van der Waals surface area contributed by atoms with Crippen molar-refractivity contribution < 1.29 is 125 Å². The number of likely N-dealkylation sites (N-methyl/N-ethyl adjacent to an activating group) is 1. The first-order chi connectivity index (χ1) is 60.1. The lowest BCUT2D eigenvalue weighted by atomic mass is 9.84. The van der Waals surface area contributed by atoms with Gasteiger partial charge in [-0.25, -0.2) is 4.79 Å². The molecular formula is C88H94Cl3N9O26S. The third-order valence-electron chi connectivity index (χ3n) is 22.6. The molecule has 0 aliphatic carbocycles. The smallest absolute Gasteiger partial charge is 0.330 e. The van der Waals surface area contributed by atoms with Gasteiger partial charge in [-0.1, -0.05) is 121 Å². The van der Waals surface area contributed by atoms with E-state index in [1.54, 1.807) is 45.0 Å². The number of carbonyl (C=O) groups is 8. The summed E-state index contributed by atoms with van der Waals surface area (Å²) < 4.78 is 75.0. The summed E-state index contributed by atoms with van der Waals surface area (Å²) in [6.45, 7) is 10.8. The maximum atomic E-state index is 16.4. The van der Waals surface area contributed by atoms with Crippen molar-refractivity contribution in [3.8, 4) is 68.2 Å². The summed E-state index contributed by atoms with van der Waals surface area (Å²) in [5, 5.41) is 128. The summed E-state index contributed by atoms with van der Waals surface area (Å²) in [7, 11) is -3.33. The molecule has 7 aliphatic rings. The van der Waals surface area contributed by atoms with Crippen LogP contribution in [0, 0.1) is 26.7 Å². The van der Waals surface area contributed by atoms with Gasteiger partial charge in [0.1, 0.15) is 89.5 Å². The predicted molar refractivity (Wildman–Crippen MR) is 456 cm³/mol. The van der Waals surface area contributed by atoms with Gasteiger partial charge in [0, 0.05) is 46.3 Å². The number of hydrogen-bond acceptors (Lipinski definition) is 27. The van der Waals surface area contributed by atoms with Gasteiger partial charge in [0.05, 0.1) is 46.2 Å². The number of nitrogens with one attached hydrogen (secondary N) is 8. The number of ether oxygens (including phenoxy) is 6. The van der Waals surface area contributed by atoms with Gasteiger partial charge in [-0.2, -0.15) is 8.42 Å². The number of fused-ring (bicyclic) bond motifs is 15. The topological polar surface area (TPSA) is 540 Å². The van der Waals surface area contributed by atoms with Crippen LogP contribution >= 0.6 is 34.8 Å². The summed E-state index contributed by atoms with van der Waals surface area (Å²) in [5.74, 6) is -16.7. The summed E-state index contributed by atoms with van der Waals surface area (Å²) in [4.78, 5) is 119. The van der Waals surface area contributed by atoms with Crippen molar-refractivity contribution in [3.05, 3.63) is 205 Å². The molecule has 0 spiro atoms. The molecule has 0 saturated carbocycles. The number of amides is 7. The number of aliphatic hydroxyl groups is 5. The largest absolute Gasteiger partial charge is 0.508 e. The van der Waals surface area contributed by atoms with Gasteiger partial charge in [0.25, 0.3) is 10.1 Å². The average Bonchev–Trinajstić information content (AvgIpc) is 0.762. The molecule has 2 fully saturated rings. The molecule has 0 aromatic heterocycles. The standard InChI is InChI=1S/C88H94Cl3N9O26S/c1-37(2)23-55(93-8)80(110)99-70-72(105)46-16-21-59(53(90)27-46)122-61-29-48-30-62(76(61)126-87-77(75(108)74(107)63(124-87)36-120-127(118,119)78-39(4)24-38(3)25-40(78)5)125-65-34-88(7,79(109)41(6)121-65)94-35-42-9-11-43(12-10-42)44-13-18-49(89)19-14-44)123-60-22-17-47(28-54(60)91)73(106)71-85(115)98-69(86(116)117)52-31-50(101)32-58(103)66(52)51-26-45(15-20-57(51)102)67(82(112)100-71)97-83(113)68(48)96-81(111)56(33-64(92)104)95-84(70)114/h9-22,24-32,37,41,55-56,63,65,67-75,77,79,87,93-94,101-103,105-109H,23,33-36H2,1-8H3,(H2,92,104)(H,95,114)(H,96,111)(H,97,113)(H,98,115)(H,99,110)(H,100,112)(H,116,117)/t41-,55+,56-,63+,65-,67+,68+,69-,70+,71-,72+,73+,74+,75-,77+,79+,87-,88-/m0/s1. The van der Waals surface area contributed by atoms with Crippen molar-refractivity contribution in [1.29, 1.82) is 0 Å². The van der Waals surface area contributed by atoms with Gasteiger partial charge in [0.2, 0.25) is 53.4 Å². The predicted octanol–water partition coefficient (Wildman–Crippen LogP) is 6.60. The zero-order valence-electron chi connectivity index (χ0n) is 69.3. The Balaban J connectivity index is 1.01. The third-order valence-corrected chi connectivity index (χ3v) is 25.1. The zero-order chi connectivity index (χ0) is 91.9. The Kier molecular flexibility index (Phi) is 28.2. The third kappa shape index (κ3) is 20.5. The number of primary amides is 1. The normalized spacial score (nSPS) is 25.9. The highest BCUT2D eigenvalue weighted by atomic mass is 35.5. The highest BCUT2D eigenvalue weighted by molar-refractivity contribution is 7.86. The van der Waals surface area contributed by atoms with Gasteiger partial charge in [-0.3, -0.25) is 37.7 Å². The van der Waals surface area contributed by atoms with Crippen molar-refractivity contribution in [2.75, 3.05) is 13.7 Å². The Hall–Kier alpha value is -11.3. The van der Waals surface area contributed by atoms with E-state index in [1.165, 1.54) is 33.0 Å². The van der Waals surface area contributed by atoms with Crippen LogP contribution in [-0.2, 0) is 73.4 Å². The first-order valence-electron chi connectivity index (χ1n) is 40.2. The molecule has 11 bridgehead atoms. The molecule has 8 aromatic carbocycles. The number of phenols is 3. The van der Waals surface area contributed by atoms with Gasteiger partial charge in [0.15, 0.2) is 29.9 Å². The van der Waals surface area contributed by atoms with E-state index in [0.29, 0.717) is 10.6 Å². The zero-order valence-corrected chi connectivity index (χ0v) is 72.4. The first kappa shape index (κ1) is 93.3. The molecule has 39 heteroatoms. The van der Waals surface area contributed by atoms with Gasteiger partial charge >= 0.3 is 5.97 Å². The Bertz CT molecular complexity index is 5700. The van der Waals surface area contributed by atoms with Gasteiger partial charge in [-0.05, 0) is 171 Å². The van der Waals surface area contributed by atoms with Gasteiger partial charge < -0.3 is 123 Å². The number of carboxylic acid groups (broad SMARTS) is 1. The molecule has 8 aromatic rings. The molecule has 2 saturated heterocycles. The van der Waals surface area contributed by atoms with Crippen molar-refractivity contribution in [2.24, 2.45) is 11.7 Å². The van der Waals surface area contributed by atoms with E-state index in [0.717, 1.165) is 83.4 Å². The summed E-state index contributed by atoms with van der Waals surface area (Å²) >= 11 is 20.7. The Morgan fingerprint density at radius 2 is 1.24 bits per heavy atom. The van der Waals surface area contributed by atoms with E-state index in [9.17, 15) is 68.8 Å². The van der Waals surface area contributed by atoms with E-state index in [4.69, 9.17) is 73.1 Å². The van der Waals surface area contributed by atoms with Crippen LogP contribution in [0.15, 0.2) is 144 Å². The van der Waals surface area contributed by atoms with E-state index in [-0.39, 0.29) is 58.0 Å². The van der Waals surface area contributed by atoms with Crippen molar-refractivity contribution in [2.45, 2.75) is 188 Å². The average molecular weight is 1830 g/mol. The number of carbonyl (C=O) groups excluding carboxylic acids is 7. The highest BCUT2D eigenvalue weighted by Crippen LogP contribution is 2.50. The van der Waals surface area contributed by atoms with Crippen LogP contribution in [0.4, 0.5) is 0 Å². The summed E-state index contributed by atoms with van der Waals surface area (Å²) in [6, 6.07) is 16.8. The molecule has 19 N–H and O–H groups in total. The molecule has 7 amide bonds. The number of halogens is 3. The fourth-order valence-corrected chi connectivity index (χ4v) is 18.1. The van der Waals surface area contributed by atoms with Crippen molar-refractivity contribution in [1.82, 2.24) is 42.5 Å². The lowest BCUT2D eigenvalue weighted by Crippen LogP contribution is -2.65. The second-order valence-corrected chi connectivity index (χ2v) is 35.3. The maximum absolute atomic E-state index is 16.4. The maximum Gasteiger partial charge on any atom is 0.330 e. The van der Waals surface area contributed by atoms with Crippen LogP contribution in [0.25, 0.3) is 22.3 Å². The molecule has 127 heavy (non-hydrogen) atoms. The number of carboxylic acids is 1. The number of aryl methyl sites for hydroxylation is 3. The summed E-state index contributed by atoms with van der Waals surface area (Å²) in [6.07, 6.45) is -20.1. The Morgan fingerprint density at radius 3 is 1.84 bits per heavy atom. The minimum Gasteiger partial charge on any atom is -0.508 e. The second-order valence-electron chi connectivity index (χ2n) is 32.5. The van der Waals surface area contributed by atoms with E-state index in [1.807, 2.05) is 50.2 Å². The lowest BCUT2D eigenvalue weighted by Gasteiger charge is -2.48. The second kappa shape index (κ2) is 38.3. The Labute approximate surface area is 742 Å². The molecule has 7 aliphatic heterocycles. The van der Waals surface area contributed by atoms with E-state index in [2.05, 4.69) is 42.5 Å². The Morgan fingerprint density at radius 1 is 0.654 bits per heavy atom. The molecule has 7 heterocycles. The number of nitrogens with two attached hydrogens (primary N) is 1. The van der Waals surface area contributed by atoms with Crippen LogP contribution in [0.1, 0.15) is 127 Å². The van der Waals surface area contributed by atoms with Crippen LogP contribution in [0.3, 0.4) is 0 Å². The van der Waals surface area contributed by atoms with Crippen LogP contribution in [-0.4, -0.2) is 194 Å². The summed E-state index contributed by atoms with van der Waals surface area (Å²) in [5.41, 5.74) is 5.28. The molecular weight excluding hydrogens is 1740 g/mol. The molecule has 674 valence electrons. The van der Waals surface area contributed by atoms with Crippen LogP contribution < -0.4 is 62.5 Å². The number of aromatic hydroxyl groups is 3. The number of aliphatic hydroxyl groups excluding tert-OH is 5. The molecule has 0 unspecified atom stereocenters. The molecule has 35 nitrogen and oxygen atoms in total. The SMILES string of the molecule is CN[C@H](CC(C)C)C(=O)N[C@H]1C(=O)N[C@@H](CC(N)=O)C(=O)N[C@H]2C(=O)N[C@H]3C(=O)N[C@H](C(=O)N[C@H](C(=O)O)c4cc(O)cc(O)c4-c4cc3ccc4O)[C@H](O)c3ccc(c(Cl)c3)Oc3cc2cc(c3O[C@@H]2O[C@H](COS(=O)(=O)c3c(C)cc(C)cc3C)[C@@H](O)[C@H](O)[C@H]2O[C@H]2C[C@](C)(NCc3ccc(-c4ccc(Cl)cc4)cc3)[C@H](O)[C@H](C)O2)Oc2ccc(cc2Cl)[C@H]1O. The monoisotopic (exact) mass is 1830 g/mol. The molecule has 0 radical (unpaired) electrons. The highest BCUT2D eigenvalue weighted by Gasteiger charge is 2.53. The van der Waals surface area contributed by atoms with Crippen LogP contribution in [0.5, 0.6) is 46.0 Å². The first-order valence-corrected chi connectivity index (χ1v) is 42.7. The van der Waals surface area contributed by atoms with Crippen molar-refractivity contribution in [3.63, 3.8) is 0 Å². The number of aliphatic carboxylic acids is 1.